The zero-order chi connectivity index (χ0) is 11.1. The van der Waals surface area contributed by atoms with E-state index < -0.39 is 0 Å². The highest BCUT2D eigenvalue weighted by molar-refractivity contribution is 7.99. The predicted molar refractivity (Wildman–Crippen MR) is 67.1 cm³/mol. The number of carbonyl (C=O) groups excluding carboxylic acids is 1. The molecule has 0 saturated heterocycles. The van der Waals surface area contributed by atoms with Crippen LogP contribution in [0.5, 0.6) is 0 Å². The van der Waals surface area contributed by atoms with Crippen LogP contribution in [0.3, 0.4) is 0 Å². The van der Waals surface area contributed by atoms with Crippen molar-refractivity contribution in [2.45, 2.75) is 37.7 Å². The lowest BCUT2D eigenvalue weighted by Crippen LogP contribution is -2.05. The maximum absolute atomic E-state index is 11.2. The van der Waals surface area contributed by atoms with E-state index in [9.17, 15) is 4.79 Å². The van der Waals surface area contributed by atoms with Crippen LogP contribution in [0, 0.1) is 0 Å². The van der Waals surface area contributed by atoms with E-state index in [1.165, 1.54) is 5.56 Å². The zero-order valence-electron chi connectivity index (χ0n) is 9.40. The van der Waals surface area contributed by atoms with Gasteiger partial charge < -0.3 is 0 Å². The normalized spacial score (nSPS) is 12.4. The minimum Gasteiger partial charge on any atom is -0.300 e. The largest absolute Gasteiger partial charge is 0.300 e. The number of ketones is 1. The summed E-state index contributed by atoms with van der Waals surface area (Å²) in [5.74, 6) is 1.36. The monoisotopic (exact) mass is 222 g/mol. The summed E-state index contributed by atoms with van der Waals surface area (Å²) in [6, 6.07) is 10.4. The predicted octanol–water partition coefficient (Wildman–Crippen LogP) is 3.68. The van der Waals surface area contributed by atoms with Crippen LogP contribution in [0.15, 0.2) is 30.3 Å². The van der Waals surface area contributed by atoms with Gasteiger partial charge in [-0.05, 0) is 5.56 Å². The van der Waals surface area contributed by atoms with Crippen LogP contribution in [0.2, 0.25) is 0 Å². The summed E-state index contributed by atoms with van der Waals surface area (Å²) in [5.41, 5.74) is 1.33. The molecule has 0 amide bonds. The fourth-order valence-corrected chi connectivity index (χ4v) is 2.31. The first-order valence-corrected chi connectivity index (χ1v) is 6.44. The first-order chi connectivity index (χ1) is 7.22. The van der Waals surface area contributed by atoms with Gasteiger partial charge in [-0.3, -0.25) is 4.79 Å². The van der Waals surface area contributed by atoms with Gasteiger partial charge in [0.15, 0.2) is 0 Å². The van der Waals surface area contributed by atoms with E-state index in [2.05, 4.69) is 31.2 Å². The van der Waals surface area contributed by atoms with Crippen molar-refractivity contribution >= 4 is 17.5 Å². The molecule has 0 aliphatic carbocycles. The second-order valence-electron chi connectivity index (χ2n) is 3.70. The third kappa shape index (κ3) is 5.03. The van der Waals surface area contributed by atoms with Crippen LogP contribution in [-0.4, -0.2) is 11.0 Å². The fraction of sp³-hybridized carbons (Fsp3) is 0.462. The number of rotatable bonds is 6. The standard InChI is InChI=1S/C13H18OS/c1-3-13(14)9-11(2)15-10-12-7-5-4-6-8-12/h4-8,11H,3,9-10H2,1-2H3. The highest BCUT2D eigenvalue weighted by atomic mass is 32.2. The molecule has 2 heteroatoms. The Balaban J connectivity index is 2.28. The fourth-order valence-electron chi connectivity index (χ4n) is 1.34. The van der Waals surface area contributed by atoms with E-state index in [-0.39, 0.29) is 0 Å². The van der Waals surface area contributed by atoms with Crippen LogP contribution < -0.4 is 0 Å². The number of Topliss-reactive ketones (excluding diaryl/α,β-unsaturated/α-hetero) is 1. The second kappa shape index (κ2) is 6.67. The van der Waals surface area contributed by atoms with Crippen molar-refractivity contribution in [1.82, 2.24) is 0 Å². The van der Waals surface area contributed by atoms with Crippen molar-refractivity contribution in [2.75, 3.05) is 0 Å². The molecule has 0 N–H and O–H groups in total. The lowest BCUT2D eigenvalue weighted by atomic mass is 10.2. The van der Waals surface area contributed by atoms with Gasteiger partial charge in [-0.15, -0.1) is 0 Å². The second-order valence-corrected chi connectivity index (χ2v) is 5.13. The van der Waals surface area contributed by atoms with E-state index in [0.29, 0.717) is 23.9 Å². The molecule has 1 unspecified atom stereocenters. The zero-order valence-corrected chi connectivity index (χ0v) is 10.2. The van der Waals surface area contributed by atoms with Gasteiger partial charge >= 0.3 is 0 Å². The molecule has 0 radical (unpaired) electrons. The maximum Gasteiger partial charge on any atom is 0.133 e. The van der Waals surface area contributed by atoms with Gasteiger partial charge in [0, 0.05) is 23.8 Å². The number of carbonyl (C=O) groups is 1. The van der Waals surface area contributed by atoms with Gasteiger partial charge in [0.05, 0.1) is 0 Å². The minimum atomic E-state index is 0.364. The Labute approximate surface area is 96.3 Å². The molecule has 1 aromatic carbocycles. The molecule has 1 atom stereocenters. The van der Waals surface area contributed by atoms with Crippen molar-refractivity contribution in [1.29, 1.82) is 0 Å². The number of hydrogen-bond donors (Lipinski definition) is 0. The molecular formula is C13H18OS. The number of benzene rings is 1. The molecule has 1 rings (SSSR count). The van der Waals surface area contributed by atoms with E-state index in [0.717, 1.165) is 5.75 Å². The smallest absolute Gasteiger partial charge is 0.133 e. The topological polar surface area (TPSA) is 17.1 Å². The Hall–Kier alpha value is -0.760. The summed E-state index contributed by atoms with van der Waals surface area (Å²) in [5, 5.41) is 0.428. The lowest BCUT2D eigenvalue weighted by molar-refractivity contribution is -0.118. The molecule has 0 aliphatic heterocycles. The molecule has 1 nitrogen and oxygen atoms in total. The molecular weight excluding hydrogens is 204 g/mol. The third-order valence-electron chi connectivity index (χ3n) is 2.29. The first kappa shape index (κ1) is 12.3. The number of hydrogen-bond acceptors (Lipinski definition) is 2. The van der Waals surface area contributed by atoms with Crippen molar-refractivity contribution in [3.63, 3.8) is 0 Å². The molecule has 0 aliphatic rings. The van der Waals surface area contributed by atoms with Gasteiger partial charge in [-0.2, -0.15) is 11.8 Å². The first-order valence-electron chi connectivity index (χ1n) is 5.39. The average Bonchev–Trinajstić information content (AvgIpc) is 2.27. The van der Waals surface area contributed by atoms with Gasteiger partial charge in [0.25, 0.3) is 0 Å². The van der Waals surface area contributed by atoms with Crippen LogP contribution in [0.25, 0.3) is 0 Å². The van der Waals surface area contributed by atoms with Gasteiger partial charge in [0.1, 0.15) is 5.78 Å². The molecule has 0 bridgehead atoms. The highest BCUT2D eigenvalue weighted by Gasteiger charge is 2.07. The van der Waals surface area contributed by atoms with Crippen LogP contribution >= 0.6 is 11.8 Å². The summed E-state index contributed by atoms with van der Waals surface area (Å²) < 4.78 is 0. The summed E-state index contributed by atoms with van der Waals surface area (Å²) >= 11 is 1.85. The number of thioether (sulfide) groups is 1. The van der Waals surface area contributed by atoms with Gasteiger partial charge in [0.2, 0.25) is 0 Å². The summed E-state index contributed by atoms with van der Waals surface area (Å²) in [6.07, 6.45) is 1.37. The van der Waals surface area contributed by atoms with Gasteiger partial charge in [-0.25, -0.2) is 0 Å². The molecule has 15 heavy (non-hydrogen) atoms. The molecule has 1 aromatic rings. The van der Waals surface area contributed by atoms with E-state index >= 15 is 0 Å². The Bertz CT molecular complexity index is 295. The molecule has 0 fully saturated rings. The maximum atomic E-state index is 11.2. The molecule has 0 spiro atoms. The molecule has 0 saturated carbocycles. The minimum absolute atomic E-state index is 0.364. The molecule has 82 valence electrons. The quantitative estimate of drug-likeness (QED) is 0.730. The Morgan fingerprint density at radius 1 is 1.33 bits per heavy atom. The van der Waals surface area contributed by atoms with Crippen LogP contribution in [0.1, 0.15) is 32.3 Å². The summed E-state index contributed by atoms with van der Waals surface area (Å²) in [7, 11) is 0. The third-order valence-corrected chi connectivity index (χ3v) is 3.52. The highest BCUT2D eigenvalue weighted by Crippen LogP contribution is 2.20. The van der Waals surface area contributed by atoms with E-state index in [1.807, 2.05) is 24.8 Å². The molecule has 0 heterocycles. The lowest BCUT2D eigenvalue weighted by Gasteiger charge is -2.09. The Morgan fingerprint density at radius 2 is 2.00 bits per heavy atom. The van der Waals surface area contributed by atoms with Crippen molar-refractivity contribution in [3.05, 3.63) is 35.9 Å². The van der Waals surface area contributed by atoms with E-state index in [4.69, 9.17) is 0 Å². The van der Waals surface area contributed by atoms with Crippen LogP contribution in [-0.2, 0) is 10.5 Å². The van der Waals surface area contributed by atoms with Gasteiger partial charge in [-0.1, -0.05) is 44.2 Å². The van der Waals surface area contributed by atoms with Crippen molar-refractivity contribution < 1.29 is 4.79 Å². The average molecular weight is 222 g/mol. The molecule has 0 aromatic heterocycles. The van der Waals surface area contributed by atoms with Crippen molar-refractivity contribution in [2.24, 2.45) is 0 Å². The Morgan fingerprint density at radius 3 is 2.60 bits per heavy atom. The van der Waals surface area contributed by atoms with Crippen molar-refractivity contribution in [3.8, 4) is 0 Å². The summed E-state index contributed by atoms with van der Waals surface area (Å²) in [4.78, 5) is 11.2. The van der Waals surface area contributed by atoms with E-state index in [1.54, 1.807) is 0 Å². The van der Waals surface area contributed by atoms with Crippen LogP contribution in [0.4, 0.5) is 0 Å². The Kier molecular flexibility index (Phi) is 5.48. The summed E-state index contributed by atoms with van der Waals surface area (Å²) in [6.45, 7) is 4.05. The SMILES string of the molecule is CCC(=O)CC(C)SCc1ccccc1.